The van der Waals surface area contributed by atoms with Crippen LogP contribution in [-0.2, 0) is 11.2 Å². The van der Waals surface area contributed by atoms with Gasteiger partial charge in [-0.15, -0.1) is 24.0 Å². The number of likely N-dealkylation sites (tertiary alicyclic amines) is 1. The van der Waals surface area contributed by atoms with Crippen molar-refractivity contribution >= 4 is 47.4 Å². The maximum atomic E-state index is 11.5. The van der Waals surface area contributed by atoms with E-state index in [4.69, 9.17) is 16.3 Å². The Morgan fingerprint density at radius 3 is 2.63 bits per heavy atom. The van der Waals surface area contributed by atoms with Gasteiger partial charge in [0.1, 0.15) is 5.75 Å². The van der Waals surface area contributed by atoms with Gasteiger partial charge in [0.05, 0.1) is 7.11 Å². The standard InChI is InChI=1S/C19H29ClN4O2.HI/c1-21-18(25)12-14-7-10-24(11-8-14)19(22-2)23-9-6-15-4-5-16(26-3)13-17(15)20;/h4-5,13-14H,6-12H2,1-3H3,(H,21,25)(H,22,23);1H. The average Bonchev–Trinajstić information content (AvgIpc) is 2.67. The largest absolute Gasteiger partial charge is 0.497 e. The topological polar surface area (TPSA) is 66.0 Å². The number of carbonyl (C=O) groups is 1. The molecule has 2 rings (SSSR count). The number of methoxy groups -OCH3 is 1. The van der Waals surface area contributed by atoms with Crippen molar-refractivity contribution in [2.45, 2.75) is 25.7 Å². The van der Waals surface area contributed by atoms with Gasteiger partial charge in [0.2, 0.25) is 5.91 Å². The Hall–Kier alpha value is -1.22. The summed E-state index contributed by atoms with van der Waals surface area (Å²) in [5, 5.41) is 6.84. The van der Waals surface area contributed by atoms with Crippen LogP contribution < -0.4 is 15.4 Å². The van der Waals surface area contributed by atoms with Crippen LogP contribution in [0, 0.1) is 5.92 Å². The van der Waals surface area contributed by atoms with Gasteiger partial charge in [0, 0.05) is 45.2 Å². The number of nitrogens with zero attached hydrogens (tertiary/aromatic N) is 2. The van der Waals surface area contributed by atoms with Crippen LogP contribution >= 0.6 is 35.6 Å². The first-order chi connectivity index (χ1) is 12.6. The number of hydrogen-bond acceptors (Lipinski definition) is 3. The molecule has 0 spiro atoms. The molecular weight excluding hydrogens is 479 g/mol. The molecule has 0 aromatic heterocycles. The molecule has 0 radical (unpaired) electrons. The van der Waals surface area contributed by atoms with E-state index in [0.29, 0.717) is 12.3 Å². The smallest absolute Gasteiger partial charge is 0.220 e. The molecule has 0 aliphatic carbocycles. The van der Waals surface area contributed by atoms with E-state index in [1.165, 1.54) is 0 Å². The summed E-state index contributed by atoms with van der Waals surface area (Å²) in [5.41, 5.74) is 1.08. The van der Waals surface area contributed by atoms with Gasteiger partial charge in [-0.25, -0.2) is 0 Å². The fourth-order valence-corrected chi connectivity index (χ4v) is 3.48. The van der Waals surface area contributed by atoms with Crippen molar-refractivity contribution in [3.05, 3.63) is 28.8 Å². The lowest BCUT2D eigenvalue weighted by Crippen LogP contribution is -2.46. The third kappa shape index (κ3) is 7.37. The molecule has 27 heavy (non-hydrogen) atoms. The fourth-order valence-electron chi connectivity index (χ4n) is 3.21. The number of halogens is 2. The molecule has 1 amide bonds. The third-order valence-corrected chi connectivity index (χ3v) is 5.17. The monoisotopic (exact) mass is 508 g/mol. The highest BCUT2D eigenvalue weighted by molar-refractivity contribution is 14.0. The van der Waals surface area contributed by atoms with Crippen molar-refractivity contribution in [1.82, 2.24) is 15.5 Å². The first-order valence-electron chi connectivity index (χ1n) is 9.06. The first-order valence-corrected chi connectivity index (χ1v) is 9.43. The number of guanidine groups is 1. The summed E-state index contributed by atoms with van der Waals surface area (Å²) >= 11 is 6.29. The van der Waals surface area contributed by atoms with Crippen LogP contribution in [0.3, 0.4) is 0 Å². The lowest BCUT2D eigenvalue weighted by molar-refractivity contribution is -0.121. The molecule has 8 heteroatoms. The predicted octanol–water partition coefficient (Wildman–Crippen LogP) is 2.93. The second-order valence-electron chi connectivity index (χ2n) is 6.49. The zero-order chi connectivity index (χ0) is 18.9. The SMILES string of the molecule is CN=C(NCCc1ccc(OC)cc1Cl)N1CCC(CC(=O)NC)CC1.I. The van der Waals surface area contributed by atoms with E-state index >= 15 is 0 Å². The second kappa shape index (κ2) is 12.3. The van der Waals surface area contributed by atoms with Gasteiger partial charge >= 0.3 is 0 Å². The average molecular weight is 509 g/mol. The second-order valence-corrected chi connectivity index (χ2v) is 6.90. The van der Waals surface area contributed by atoms with E-state index in [1.807, 2.05) is 18.2 Å². The van der Waals surface area contributed by atoms with Crippen molar-refractivity contribution in [3.8, 4) is 5.75 Å². The molecule has 0 atom stereocenters. The molecule has 0 unspecified atom stereocenters. The van der Waals surface area contributed by atoms with Gasteiger partial charge in [-0.3, -0.25) is 9.79 Å². The van der Waals surface area contributed by atoms with E-state index in [2.05, 4.69) is 20.5 Å². The van der Waals surface area contributed by atoms with Crippen molar-refractivity contribution in [1.29, 1.82) is 0 Å². The number of rotatable bonds is 6. The van der Waals surface area contributed by atoms with Gasteiger partial charge < -0.3 is 20.3 Å². The lowest BCUT2D eigenvalue weighted by atomic mass is 9.93. The van der Waals surface area contributed by atoms with Crippen molar-refractivity contribution in [3.63, 3.8) is 0 Å². The van der Waals surface area contributed by atoms with Crippen LogP contribution in [0.4, 0.5) is 0 Å². The van der Waals surface area contributed by atoms with E-state index in [1.54, 1.807) is 21.2 Å². The molecule has 0 bridgehead atoms. The van der Waals surface area contributed by atoms with Crippen LogP contribution in [0.1, 0.15) is 24.8 Å². The van der Waals surface area contributed by atoms with Crippen LogP contribution in [0.25, 0.3) is 0 Å². The van der Waals surface area contributed by atoms with Gasteiger partial charge in [0.15, 0.2) is 5.96 Å². The molecule has 1 aromatic carbocycles. The minimum Gasteiger partial charge on any atom is -0.497 e. The van der Waals surface area contributed by atoms with E-state index < -0.39 is 0 Å². The summed E-state index contributed by atoms with van der Waals surface area (Å²) in [6, 6.07) is 5.76. The minimum absolute atomic E-state index is 0. The number of nitrogens with one attached hydrogen (secondary N) is 2. The molecule has 1 aromatic rings. The van der Waals surface area contributed by atoms with Crippen LogP contribution in [0.2, 0.25) is 5.02 Å². The Balaban J connectivity index is 0.00000364. The van der Waals surface area contributed by atoms with E-state index in [-0.39, 0.29) is 29.9 Å². The molecule has 1 fully saturated rings. The Kier molecular flexibility index (Phi) is 10.8. The summed E-state index contributed by atoms with van der Waals surface area (Å²) in [4.78, 5) is 18.2. The molecule has 2 N–H and O–H groups in total. The first kappa shape index (κ1) is 23.8. The zero-order valence-corrected chi connectivity index (χ0v) is 19.3. The van der Waals surface area contributed by atoms with Crippen molar-refractivity contribution in [2.75, 3.05) is 40.8 Å². The molecular formula is C19H30ClIN4O2. The summed E-state index contributed by atoms with van der Waals surface area (Å²) < 4.78 is 5.18. The van der Waals surface area contributed by atoms with Crippen LogP contribution in [0.5, 0.6) is 5.75 Å². The highest BCUT2D eigenvalue weighted by Crippen LogP contribution is 2.23. The molecule has 0 saturated carbocycles. The number of aliphatic imine (C=N–C) groups is 1. The van der Waals surface area contributed by atoms with Gasteiger partial charge in [-0.2, -0.15) is 0 Å². The van der Waals surface area contributed by atoms with Gasteiger partial charge in [-0.1, -0.05) is 17.7 Å². The summed E-state index contributed by atoms with van der Waals surface area (Å²) in [6.07, 6.45) is 3.46. The number of hydrogen-bond donors (Lipinski definition) is 2. The fraction of sp³-hybridized carbons (Fsp3) is 0.579. The summed E-state index contributed by atoms with van der Waals surface area (Å²) in [6.45, 7) is 2.60. The number of ether oxygens (including phenoxy) is 1. The Morgan fingerprint density at radius 2 is 2.07 bits per heavy atom. The van der Waals surface area contributed by atoms with Crippen molar-refractivity contribution < 1.29 is 9.53 Å². The Morgan fingerprint density at radius 1 is 1.37 bits per heavy atom. The zero-order valence-electron chi connectivity index (χ0n) is 16.3. The number of piperidine rings is 1. The van der Waals surface area contributed by atoms with E-state index in [9.17, 15) is 4.79 Å². The van der Waals surface area contributed by atoms with Crippen molar-refractivity contribution in [2.24, 2.45) is 10.9 Å². The number of carbonyl (C=O) groups excluding carboxylic acids is 1. The van der Waals surface area contributed by atoms with Gasteiger partial charge in [-0.05, 0) is 42.9 Å². The highest BCUT2D eigenvalue weighted by Gasteiger charge is 2.22. The molecule has 6 nitrogen and oxygen atoms in total. The highest BCUT2D eigenvalue weighted by atomic mass is 127. The lowest BCUT2D eigenvalue weighted by Gasteiger charge is -2.34. The van der Waals surface area contributed by atoms with Crippen LogP contribution in [-0.4, -0.2) is 57.6 Å². The maximum absolute atomic E-state index is 11.5. The Bertz CT molecular complexity index is 634. The quantitative estimate of drug-likeness (QED) is 0.352. The molecule has 152 valence electrons. The van der Waals surface area contributed by atoms with E-state index in [0.717, 1.165) is 61.2 Å². The predicted molar refractivity (Wildman–Crippen MR) is 121 cm³/mol. The third-order valence-electron chi connectivity index (χ3n) is 4.82. The van der Waals surface area contributed by atoms with Crippen LogP contribution in [0.15, 0.2) is 23.2 Å². The molecule has 1 heterocycles. The van der Waals surface area contributed by atoms with Gasteiger partial charge in [0.25, 0.3) is 0 Å². The maximum Gasteiger partial charge on any atom is 0.220 e. The summed E-state index contributed by atoms with van der Waals surface area (Å²) in [5.74, 6) is 2.26. The summed E-state index contributed by atoms with van der Waals surface area (Å²) in [7, 11) is 5.13. The molecule has 1 aliphatic heterocycles. The number of amides is 1. The molecule has 1 saturated heterocycles. The normalized spacial score (nSPS) is 15.1. The number of benzene rings is 1. The minimum atomic E-state index is 0. The molecule has 1 aliphatic rings. The Labute approximate surface area is 184 Å².